The highest BCUT2D eigenvalue weighted by atomic mass is 14.9. The van der Waals surface area contributed by atoms with Gasteiger partial charge in [0.1, 0.15) is 0 Å². The maximum absolute atomic E-state index is 3.37. The van der Waals surface area contributed by atoms with E-state index in [0.29, 0.717) is 0 Å². The summed E-state index contributed by atoms with van der Waals surface area (Å²) in [5, 5.41) is 6.73. The third-order valence-corrected chi connectivity index (χ3v) is 5.72. The van der Waals surface area contributed by atoms with Crippen LogP contribution in [0.5, 0.6) is 0 Å². The molecule has 5 aromatic rings. The Balaban J connectivity index is 0.000000151. The number of para-hydroxylation sites is 2. The first kappa shape index (κ1) is 20.6. The summed E-state index contributed by atoms with van der Waals surface area (Å²) in [4.78, 5) is 0. The smallest absolute Gasteiger partial charge is 0.0385 e. The largest absolute Gasteiger partial charge is 0.356 e. The zero-order chi connectivity index (χ0) is 22.3. The van der Waals surface area contributed by atoms with Crippen LogP contribution in [0.3, 0.4) is 0 Å². The summed E-state index contributed by atoms with van der Waals surface area (Å²) < 4.78 is 0. The van der Waals surface area contributed by atoms with Gasteiger partial charge in [0, 0.05) is 22.7 Å². The maximum Gasteiger partial charge on any atom is 0.0385 e. The highest BCUT2D eigenvalue weighted by Crippen LogP contribution is 2.35. The molecule has 0 spiro atoms. The van der Waals surface area contributed by atoms with Gasteiger partial charge in [-0.25, -0.2) is 0 Å². The van der Waals surface area contributed by atoms with Gasteiger partial charge in [0.2, 0.25) is 0 Å². The number of nitrogens with one attached hydrogen (secondary N) is 2. The summed E-state index contributed by atoms with van der Waals surface area (Å²) in [5.41, 5.74) is 10.1. The molecule has 0 heterocycles. The molecule has 1 aliphatic carbocycles. The predicted molar refractivity (Wildman–Crippen MR) is 141 cm³/mol. The Morgan fingerprint density at radius 3 is 1.09 bits per heavy atom. The second kappa shape index (κ2) is 9.88. The molecule has 33 heavy (non-hydrogen) atoms. The molecule has 2 nitrogen and oxygen atoms in total. The first-order valence-corrected chi connectivity index (χ1v) is 11.3. The minimum absolute atomic E-state index is 1.08. The summed E-state index contributed by atoms with van der Waals surface area (Å²) in [6, 6.07) is 45.9. The summed E-state index contributed by atoms with van der Waals surface area (Å²) in [6.07, 6.45) is 1.10. The van der Waals surface area contributed by atoms with E-state index in [0.717, 1.165) is 29.2 Å². The molecule has 0 bridgehead atoms. The van der Waals surface area contributed by atoms with Gasteiger partial charge in [-0.2, -0.15) is 0 Å². The average Bonchev–Trinajstić information content (AvgIpc) is 3.26. The Morgan fingerprint density at radius 1 is 0.333 bits per heavy atom. The Morgan fingerprint density at radius 2 is 0.667 bits per heavy atom. The van der Waals surface area contributed by atoms with Crippen LogP contribution in [-0.4, -0.2) is 0 Å². The van der Waals surface area contributed by atoms with E-state index in [2.05, 4.69) is 108 Å². The first-order valence-electron chi connectivity index (χ1n) is 11.3. The highest BCUT2D eigenvalue weighted by Gasteiger charge is 2.15. The lowest BCUT2D eigenvalue weighted by molar-refractivity contribution is 1.26. The lowest BCUT2D eigenvalue weighted by atomic mass is 10.1. The van der Waals surface area contributed by atoms with Crippen LogP contribution in [0.25, 0.3) is 11.1 Å². The van der Waals surface area contributed by atoms with Gasteiger partial charge in [-0.3, -0.25) is 0 Å². The predicted octanol–water partition coefficient (Wildman–Crippen LogP) is 8.43. The van der Waals surface area contributed by atoms with E-state index in [9.17, 15) is 0 Å². The number of rotatable bonds is 4. The number of fused-ring (bicyclic) bond motifs is 3. The zero-order valence-electron chi connectivity index (χ0n) is 18.4. The first-order chi connectivity index (χ1) is 16.3. The molecular weight excluding hydrogens is 400 g/mol. The Hall–Kier alpha value is -4.30. The highest BCUT2D eigenvalue weighted by molar-refractivity contribution is 5.76. The molecule has 1 aliphatic rings. The van der Waals surface area contributed by atoms with E-state index in [-0.39, 0.29) is 0 Å². The zero-order valence-corrected chi connectivity index (χ0v) is 18.4. The molecule has 0 atom stereocenters. The van der Waals surface area contributed by atoms with Gasteiger partial charge in [-0.15, -0.1) is 0 Å². The third-order valence-electron chi connectivity index (χ3n) is 5.72. The van der Waals surface area contributed by atoms with Gasteiger partial charge in [0.05, 0.1) is 0 Å². The van der Waals surface area contributed by atoms with Crippen molar-refractivity contribution < 1.29 is 0 Å². The summed E-state index contributed by atoms with van der Waals surface area (Å²) in [7, 11) is 0. The van der Waals surface area contributed by atoms with Gasteiger partial charge in [-0.05, 0) is 77.2 Å². The summed E-state index contributed by atoms with van der Waals surface area (Å²) in [5.74, 6) is 0. The van der Waals surface area contributed by atoms with Crippen LogP contribution in [0, 0.1) is 0 Å². The SMILES string of the molecule is c1ccc(Nc2ccc(Nc3ccccc3)cc2)cc1.c1ccc2c(c1)Cc1ccccc1-2. The van der Waals surface area contributed by atoms with Crippen molar-refractivity contribution in [1.29, 1.82) is 0 Å². The lowest BCUT2D eigenvalue weighted by Gasteiger charge is -2.09. The Bertz CT molecular complexity index is 1210. The molecule has 0 aliphatic heterocycles. The normalized spacial score (nSPS) is 10.9. The molecule has 0 amide bonds. The van der Waals surface area contributed by atoms with Crippen LogP contribution < -0.4 is 10.6 Å². The van der Waals surface area contributed by atoms with Crippen molar-refractivity contribution in [2.45, 2.75) is 6.42 Å². The molecule has 0 radical (unpaired) electrons. The Kier molecular flexibility index (Phi) is 6.17. The Labute approximate surface area is 195 Å². The minimum Gasteiger partial charge on any atom is -0.356 e. The number of benzene rings is 5. The van der Waals surface area contributed by atoms with Crippen LogP contribution in [-0.2, 0) is 6.42 Å². The third kappa shape index (κ3) is 5.13. The standard InChI is InChI=1S/C18H16N2.C13H10/c1-3-7-15(8-4-1)19-17-11-13-18(14-12-17)20-16-9-5-2-6-10-16;1-3-7-12-10(5-1)9-11-6-2-4-8-13(11)12/h1-14,19-20H;1-8H,9H2. The average molecular weight is 427 g/mol. The fraction of sp³-hybridized carbons (Fsp3) is 0.0323. The lowest BCUT2D eigenvalue weighted by Crippen LogP contribution is -1.92. The maximum atomic E-state index is 3.37. The van der Waals surface area contributed by atoms with Crippen molar-refractivity contribution in [1.82, 2.24) is 0 Å². The summed E-state index contributed by atoms with van der Waals surface area (Å²) >= 11 is 0. The van der Waals surface area contributed by atoms with Crippen LogP contribution >= 0.6 is 0 Å². The van der Waals surface area contributed by atoms with Crippen LogP contribution in [0.4, 0.5) is 22.7 Å². The molecule has 0 saturated heterocycles. The van der Waals surface area contributed by atoms with Gasteiger partial charge in [0.15, 0.2) is 0 Å². The van der Waals surface area contributed by atoms with Crippen molar-refractivity contribution in [2.75, 3.05) is 10.6 Å². The van der Waals surface area contributed by atoms with E-state index in [1.54, 1.807) is 0 Å². The topological polar surface area (TPSA) is 24.1 Å². The van der Waals surface area contributed by atoms with E-state index in [1.165, 1.54) is 22.3 Å². The molecule has 0 saturated carbocycles. The van der Waals surface area contributed by atoms with E-state index in [1.807, 2.05) is 36.4 Å². The van der Waals surface area contributed by atoms with Gasteiger partial charge < -0.3 is 10.6 Å². The van der Waals surface area contributed by atoms with Crippen molar-refractivity contribution in [3.05, 3.63) is 145 Å². The number of anilines is 4. The fourth-order valence-corrected chi connectivity index (χ4v) is 4.09. The van der Waals surface area contributed by atoms with Gasteiger partial charge in [0.25, 0.3) is 0 Å². The van der Waals surface area contributed by atoms with Crippen molar-refractivity contribution in [3.63, 3.8) is 0 Å². The van der Waals surface area contributed by atoms with Crippen LogP contribution in [0.2, 0.25) is 0 Å². The molecule has 0 unspecified atom stereocenters. The second-order valence-corrected chi connectivity index (χ2v) is 8.05. The van der Waals surface area contributed by atoms with Crippen molar-refractivity contribution in [2.24, 2.45) is 0 Å². The van der Waals surface area contributed by atoms with Crippen LogP contribution in [0.15, 0.2) is 133 Å². The summed E-state index contributed by atoms with van der Waals surface area (Å²) in [6.45, 7) is 0. The quantitative estimate of drug-likeness (QED) is 0.295. The second-order valence-electron chi connectivity index (χ2n) is 8.05. The monoisotopic (exact) mass is 426 g/mol. The molecular formula is C31H26N2. The number of hydrogen-bond donors (Lipinski definition) is 2. The molecule has 0 aromatic heterocycles. The molecule has 2 N–H and O–H groups in total. The van der Waals surface area contributed by atoms with Gasteiger partial charge in [-0.1, -0.05) is 84.9 Å². The van der Waals surface area contributed by atoms with E-state index in [4.69, 9.17) is 0 Å². The van der Waals surface area contributed by atoms with Crippen LogP contribution in [0.1, 0.15) is 11.1 Å². The molecule has 6 rings (SSSR count). The van der Waals surface area contributed by atoms with Crippen molar-refractivity contribution >= 4 is 22.7 Å². The van der Waals surface area contributed by atoms with Gasteiger partial charge >= 0.3 is 0 Å². The minimum atomic E-state index is 1.08. The van der Waals surface area contributed by atoms with E-state index >= 15 is 0 Å². The molecule has 5 aromatic carbocycles. The van der Waals surface area contributed by atoms with E-state index < -0.39 is 0 Å². The molecule has 0 fully saturated rings. The fourth-order valence-electron chi connectivity index (χ4n) is 4.09. The molecule has 2 heteroatoms. The molecule has 160 valence electrons. The number of hydrogen-bond acceptors (Lipinski definition) is 2. The van der Waals surface area contributed by atoms with Crippen molar-refractivity contribution in [3.8, 4) is 11.1 Å².